The molecule has 2 aromatic carbocycles. The quantitative estimate of drug-likeness (QED) is 0.0893. The number of carbonyl (C=O) groups excluding carboxylic acids is 1. The number of rotatable bonds is 17. The van der Waals surface area contributed by atoms with Gasteiger partial charge in [-0.3, -0.25) is 38.6 Å². The number of phosphoric acid groups is 1. The molecular weight excluding hydrogens is 707 g/mol. The van der Waals surface area contributed by atoms with Gasteiger partial charge in [0.25, 0.3) is 0 Å². The number of β-amino-alcohol motifs (C(OH)–C–C–N with tert-alkyl or cyclic N) is 1. The number of phosphoric ester groups is 1. The van der Waals surface area contributed by atoms with Gasteiger partial charge >= 0.3 is 19.8 Å². The number of hydrogen-bond donors (Lipinski definition) is 5. The summed E-state index contributed by atoms with van der Waals surface area (Å²) in [7, 11) is -4.57. The summed E-state index contributed by atoms with van der Waals surface area (Å²) in [6.45, 7) is 11.8. The van der Waals surface area contributed by atoms with Crippen molar-refractivity contribution in [2.24, 2.45) is 0 Å². The normalized spacial score (nSPS) is 18.3. The molecule has 5 N–H and O–H groups in total. The zero-order valence-corrected chi connectivity index (χ0v) is 32.5. The van der Waals surface area contributed by atoms with Crippen molar-refractivity contribution in [3.05, 3.63) is 52.1 Å². The Bertz CT molecular complexity index is 1570. The monoisotopic (exact) mass is 764 g/mol. The Labute approximate surface area is 312 Å². The average Bonchev–Trinajstić information content (AvgIpc) is 3.06. The van der Waals surface area contributed by atoms with E-state index in [9.17, 15) is 44.3 Å². The molecule has 1 aliphatic heterocycles. The van der Waals surface area contributed by atoms with Crippen molar-refractivity contribution < 1.29 is 53.3 Å². The first-order valence-corrected chi connectivity index (χ1v) is 19.5. The summed E-state index contributed by atoms with van der Waals surface area (Å²) < 4.78 is 23.8. The molecular formula is C37H57N4O11P. The molecule has 0 aliphatic carbocycles. The molecule has 296 valence electrons. The number of aliphatic carboxylic acids is 2. The maximum Gasteiger partial charge on any atom is 0.527 e. The van der Waals surface area contributed by atoms with Crippen LogP contribution in [0, 0.1) is 34.6 Å². The number of hydrogen-bond acceptors (Lipinski definition) is 12. The number of aliphatic hydroxyl groups is 2. The lowest BCUT2D eigenvalue weighted by molar-refractivity contribution is -0.144. The van der Waals surface area contributed by atoms with E-state index in [1.54, 1.807) is 22.8 Å². The van der Waals surface area contributed by atoms with Gasteiger partial charge < -0.3 is 29.7 Å². The standard InChI is InChI=1S/C37H57N4O11P/c1-26-19-29(4)36(30(5)20-26)32-21-28(3)34(22-27(32)2)52-53(49,50)51-18-6-7-33(37(47)48)41-14-12-38(16-17-42)8-9-39(23-31(44)25-43)10-11-40(13-15-41)24-35(45)46/h17,19-22,31,33,43-44H,6-16,18,23-25H2,1-5H3,(H,45,46)(H,47,48)(H,49,50)/t31?,33-/m1/s1. The fraction of sp³-hybridized carbons (Fsp3) is 0.595. The van der Waals surface area contributed by atoms with Gasteiger partial charge in [0.2, 0.25) is 0 Å². The molecule has 3 rings (SSSR count). The first-order valence-electron chi connectivity index (χ1n) is 18.0. The minimum Gasteiger partial charge on any atom is -0.480 e. The van der Waals surface area contributed by atoms with Crippen LogP contribution < -0.4 is 4.52 Å². The van der Waals surface area contributed by atoms with Gasteiger partial charge in [-0.05, 0) is 93.0 Å². The van der Waals surface area contributed by atoms with Crippen LogP contribution in [0.4, 0.5) is 0 Å². The molecule has 15 nitrogen and oxygen atoms in total. The minimum absolute atomic E-state index is 0.0663. The topological polar surface area (TPSA) is 201 Å². The lowest BCUT2D eigenvalue weighted by Crippen LogP contribution is -2.51. The zero-order valence-electron chi connectivity index (χ0n) is 31.6. The summed E-state index contributed by atoms with van der Waals surface area (Å²) >= 11 is 0. The van der Waals surface area contributed by atoms with E-state index < -0.39 is 38.5 Å². The van der Waals surface area contributed by atoms with Gasteiger partial charge in [0.15, 0.2) is 0 Å². The highest BCUT2D eigenvalue weighted by molar-refractivity contribution is 7.47. The molecule has 3 atom stereocenters. The van der Waals surface area contributed by atoms with Gasteiger partial charge in [-0.2, -0.15) is 0 Å². The van der Waals surface area contributed by atoms with Crippen molar-refractivity contribution in [3.8, 4) is 16.9 Å². The van der Waals surface area contributed by atoms with E-state index >= 15 is 0 Å². The number of carboxylic acids is 2. The highest BCUT2D eigenvalue weighted by atomic mass is 31.2. The highest BCUT2D eigenvalue weighted by Crippen LogP contribution is 2.46. The molecule has 1 aliphatic rings. The lowest BCUT2D eigenvalue weighted by Gasteiger charge is -2.35. The zero-order chi connectivity index (χ0) is 39.3. The predicted octanol–water partition coefficient (Wildman–Crippen LogP) is 2.48. The number of aldehydes is 1. The van der Waals surface area contributed by atoms with Crippen molar-refractivity contribution in [2.75, 3.05) is 85.2 Å². The van der Waals surface area contributed by atoms with E-state index in [1.807, 2.05) is 29.7 Å². The fourth-order valence-electron chi connectivity index (χ4n) is 6.87. The summed E-state index contributed by atoms with van der Waals surface area (Å²) in [4.78, 5) is 53.5. The van der Waals surface area contributed by atoms with Crippen LogP contribution >= 0.6 is 7.82 Å². The van der Waals surface area contributed by atoms with E-state index in [4.69, 9.17) is 9.05 Å². The second kappa shape index (κ2) is 21.0. The van der Waals surface area contributed by atoms with E-state index in [0.717, 1.165) is 34.1 Å². The molecule has 2 aromatic rings. The fourth-order valence-corrected chi connectivity index (χ4v) is 7.73. The molecule has 1 fully saturated rings. The molecule has 0 amide bonds. The molecule has 0 saturated carbocycles. The number of aryl methyl sites for hydroxylation is 5. The van der Waals surface area contributed by atoms with E-state index in [0.29, 0.717) is 38.3 Å². The third-order valence-corrected chi connectivity index (χ3v) is 10.5. The van der Waals surface area contributed by atoms with Crippen molar-refractivity contribution in [1.29, 1.82) is 0 Å². The van der Waals surface area contributed by atoms with Crippen molar-refractivity contribution in [3.63, 3.8) is 0 Å². The van der Waals surface area contributed by atoms with Gasteiger partial charge in [-0.15, -0.1) is 0 Å². The number of carboxylic acid groups (broad SMARTS) is 2. The maximum atomic E-state index is 13.0. The Morgan fingerprint density at radius 3 is 2.02 bits per heavy atom. The number of carbonyl (C=O) groups is 3. The van der Waals surface area contributed by atoms with Gasteiger partial charge in [0.1, 0.15) is 18.1 Å². The number of nitrogens with zero attached hydrogens (tertiary/aromatic N) is 4. The number of benzene rings is 2. The Morgan fingerprint density at radius 1 is 0.849 bits per heavy atom. The first-order chi connectivity index (χ1) is 25.0. The van der Waals surface area contributed by atoms with Gasteiger partial charge in [-0.1, -0.05) is 17.7 Å². The molecule has 2 unspecified atom stereocenters. The first kappa shape index (κ1) is 44.2. The van der Waals surface area contributed by atoms with Crippen LogP contribution in [-0.4, -0.2) is 160 Å². The molecule has 0 spiro atoms. The smallest absolute Gasteiger partial charge is 0.480 e. The van der Waals surface area contributed by atoms with Crippen LogP contribution in [-0.2, 0) is 23.5 Å². The molecule has 1 heterocycles. The number of aliphatic hydroxyl groups excluding tert-OH is 2. The van der Waals surface area contributed by atoms with Crippen LogP contribution in [0.3, 0.4) is 0 Å². The molecule has 0 aromatic heterocycles. The van der Waals surface area contributed by atoms with Gasteiger partial charge in [0.05, 0.1) is 32.4 Å². The van der Waals surface area contributed by atoms with Crippen LogP contribution in [0.15, 0.2) is 24.3 Å². The average molecular weight is 765 g/mol. The largest absolute Gasteiger partial charge is 0.527 e. The lowest BCUT2D eigenvalue weighted by atomic mass is 9.90. The van der Waals surface area contributed by atoms with Crippen LogP contribution in [0.2, 0.25) is 0 Å². The predicted molar refractivity (Wildman–Crippen MR) is 200 cm³/mol. The summed E-state index contributed by atoms with van der Waals surface area (Å²) in [5.41, 5.74) is 7.04. The molecule has 53 heavy (non-hydrogen) atoms. The van der Waals surface area contributed by atoms with Crippen molar-refractivity contribution >= 4 is 26.0 Å². The Kier molecular flexibility index (Phi) is 17.5. The molecule has 0 bridgehead atoms. The minimum atomic E-state index is -4.57. The third-order valence-electron chi connectivity index (χ3n) is 9.53. The Hall–Kier alpha value is -3.24. The van der Waals surface area contributed by atoms with Gasteiger partial charge in [0, 0.05) is 58.9 Å². The summed E-state index contributed by atoms with van der Waals surface area (Å²) in [5, 5.41) is 39.2. The van der Waals surface area contributed by atoms with Crippen LogP contribution in [0.1, 0.15) is 40.7 Å². The SMILES string of the molecule is Cc1cc(C)c(-c2cc(C)c(OP(=O)(O)OCCC[C@H](C(=O)O)N3CCN(CC=O)CCN(CC(O)CO)CCN(CC(=O)O)CC3)cc2C)c(C)c1. The van der Waals surface area contributed by atoms with Gasteiger partial charge in [-0.25, -0.2) is 4.57 Å². The Morgan fingerprint density at radius 2 is 1.43 bits per heavy atom. The second-order valence-electron chi connectivity index (χ2n) is 13.9. The third kappa shape index (κ3) is 14.2. The maximum absolute atomic E-state index is 13.0. The summed E-state index contributed by atoms with van der Waals surface area (Å²) in [6.07, 6.45) is -0.0297. The van der Waals surface area contributed by atoms with E-state index in [2.05, 4.69) is 26.0 Å². The second-order valence-corrected chi connectivity index (χ2v) is 15.3. The molecule has 1 saturated heterocycles. The van der Waals surface area contributed by atoms with Crippen molar-refractivity contribution in [2.45, 2.75) is 59.6 Å². The summed E-state index contributed by atoms with van der Waals surface area (Å²) in [5.74, 6) is -1.94. The Balaban J connectivity index is 1.68. The van der Waals surface area contributed by atoms with Crippen LogP contribution in [0.25, 0.3) is 11.1 Å². The van der Waals surface area contributed by atoms with E-state index in [1.165, 1.54) is 5.56 Å². The molecule has 16 heteroatoms. The van der Waals surface area contributed by atoms with Crippen LogP contribution in [0.5, 0.6) is 5.75 Å². The molecule has 0 radical (unpaired) electrons. The van der Waals surface area contributed by atoms with Crippen molar-refractivity contribution in [1.82, 2.24) is 19.6 Å². The van der Waals surface area contributed by atoms with E-state index in [-0.39, 0.29) is 64.5 Å². The highest BCUT2D eigenvalue weighted by Gasteiger charge is 2.29. The summed E-state index contributed by atoms with van der Waals surface area (Å²) in [6, 6.07) is 6.85.